The van der Waals surface area contributed by atoms with Crippen LogP contribution in [0.4, 0.5) is 13.2 Å². The van der Waals surface area contributed by atoms with Gasteiger partial charge in [0.05, 0.1) is 5.56 Å². The molecule has 5 rings (SSSR count). The van der Waals surface area contributed by atoms with E-state index in [4.69, 9.17) is 5.14 Å². The normalized spacial score (nSPS) is 24.4. The molecule has 0 bridgehead atoms. The number of sulfonamides is 1. The van der Waals surface area contributed by atoms with E-state index in [2.05, 4.69) is 32.1 Å². The standard InChI is InChI=1S/C24H32F3N7O2S/c1-29-17-12-18(13-17)34-10-8-15(9-11-34)14-2-4-16(5-3-14)19-6-7-20(24(25,26)27)22(37(28,35)36)21(19)23-30-32-33-31-23/h2-7,15,17-18,23,29-33H,8-13H2,1H3,(H2,28,35,36). The lowest BCUT2D eigenvalue weighted by atomic mass is 9.82. The molecule has 2 aliphatic heterocycles. The molecule has 3 aliphatic rings. The third kappa shape index (κ3) is 5.40. The van der Waals surface area contributed by atoms with Crippen LogP contribution in [-0.2, 0) is 16.2 Å². The quantitative estimate of drug-likeness (QED) is 0.330. The van der Waals surface area contributed by atoms with Crippen LogP contribution in [0.3, 0.4) is 0 Å². The van der Waals surface area contributed by atoms with E-state index in [-0.39, 0.29) is 5.56 Å². The van der Waals surface area contributed by atoms with E-state index in [0.717, 1.165) is 32.0 Å². The number of benzene rings is 2. The summed E-state index contributed by atoms with van der Waals surface area (Å²) in [5, 5.41) is 8.65. The summed E-state index contributed by atoms with van der Waals surface area (Å²) in [6.45, 7) is 2.10. The third-order valence-electron chi connectivity index (χ3n) is 7.83. The number of nitrogens with zero attached hydrogens (tertiary/aromatic N) is 1. The Bertz CT molecular complexity index is 1220. The number of rotatable bonds is 6. The van der Waals surface area contributed by atoms with Gasteiger partial charge in [-0.25, -0.2) is 24.4 Å². The molecule has 0 amide bonds. The highest BCUT2D eigenvalue weighted by Crippen LogP contribution is 2.42. The molecular weight excluding hydrogens is 507 g/mol. The van der Waals surface area contributed by atoms with Crippen LogP contribution in [0.15, 0.2) is 41.3 Å². The summed E-state index contributed by atoms with van der Waals surface area (Å²) >= 11 is 0. The highest BCUT2D eigenvalue weighted by atomic mass is 32.2. The zero-order valence-corrected chi connectivity index (χ0v) is 21.2. The van der Waals surface area contributed by atoms with Crippen molar-refractivity contribution in [1.29, 1.82) is 0 Å². The number of piperidine rings is 1. The van der Waals surface area contributed by atoms with Crippen LogP contribution in [0.5, 0.6) is 0 Å². The average Bonchev–Trinajstić information content (AvgIpc) is 3.37. The fourth-order valence-electron chi connectivity index (χ4n) is 5.72. The van der Waals surface area contributed by atoms with Gasteiger partial charge in [0, 0.05) is 17.6 Å². The van der Waals surface area contributed by atoms with Crippen molar-refractivity contribution in [3.8, 4) is 11.1 Å². The van der Waals surface area contributed by atoms with Crippen LogP contribution in [0.2, 0.25) is 0 Å². The van der Waals surface area contributed by atoms with Crippen LogP contribution in [0, 0.1) is 0 Å². The summed E-state index contributed by atoms with van der Waals surface area (Å²) in [5.41, 5.74) is 11.1. The third-order valence-corrected chi connectivity index (χ3v) is 8.84. The first-order valence-electron chi connectivity index (χ1n) is 12.4. The van der Waals surface area contributed by atoms with Gasteiger partial charge in [0.2, 0.25) is 10.0 Å². The maximum atomic E-state index is 13.8. The number of nitrogens with one attached hydrogen (secondary N) is 5. The molecule has 3 fully saturated rings. The van der Waals surface area contributed by atoms with E-state index in [0.29, 0.717) is 29.1 Å². The van der Waals surface area contributed by atoms with Crippen LogP contribution in [0.1, 0.15) is 54.5 Å². The Kier molecular flexibility index (Phi) is 7.33. The summed E-state index contributed by atoms with van der Waals surface area (Å²) in [4.78, 5) is 1.62. The van der Waals surface area contributed by atoms with Gasteiger partial charge in [-0.05, 0) is 74.5 Å². The van der Waals surface area contributed by atoms with Gasteiger partial charge in [0.15, 0.2) is 0 Å². The van der Waals surface area contributed by atoms with Crippen molar-refractivity contribution in [3.63, 3.8) is 0 Å². The fourth-order valence-corrected chi connectivity index (χ4v) is 6.74. The van der Waals surface area contributed by atoms with E-state index < -0.39 is 32.8 Å². The van der Waals surface area contributed by atoms with Crippen molar-refractivity contribution in [1.82, 2.24) is 32.1 Å². The van der Waals surface area contributed by atoms with Gasteiger partial charge in [-0.3, -0.25) is 0 Å². The summed E-state index contributed by atoms with van der Waals surface area (Å²) in [5.74, 6) is 0.407. The van der Waals surface area contributed by atoms with Crippen LogP contribution in [-0.4, -0.2) is 45.5 Å². The molecule has 7 N–H and O–H groups in total. The molecule has 0 spiro atoms. The maximum absolute atomic E-state index is 13.8. The second-order valence-electron chi connectivity index (χ2n) is 9.96. The first-order valence-corrected chi connectivity index (χ1v) is 13.9. The van der Waals surface area contributed by atoms with Crippen LogP contribution < -0.4 is 32.4 Å². The molecule has 9 nitrogen and oxygen atoms in total. The van der Waals surface area contributed by atoms with Crippen molar-refractivity contribution < 1.29 is 21.6 Å². The number of hydrogen-bond donors (Lipinski definition) is 6. The van der Waals surface area contributed by atoms with E-state index in [9.17, 15) is 21.6 Å². The molecule has 202 valence electrons. The van der Waals surface area contributed by atoms with Gasteiger partial charge in [-0.1, -0.05) is 30.3 Å². The molecule has 2 aromatic rings. The second kappa shape index (κ2) is 10.2. The van der Waals surface area contributed by atoms with Crippen molar-refractivity contribution >= 4 is 10.0 Å². The van der Waals surface area contributed by atoms with E-state index >= 15 is 0 Å². The van der Waals surface area contributed by atoms with E-state index in [1.807, 2.05) is 31.3 Å². The average molecular weight is 540 g/mol. The zero-order chi connectivity index (χ0) is 26.4. The molecule has 1 saturated carbocycles. The Balaban J connectivity index is 1.42. The number of nitrogens with two attached hydrogens (primary N) is 1. The number of likely N-dealkylation sites (tertiary alicyclic amines) is 1. The number of primary sulfonamides is 1. The summed E-state index contributed by atoms with van der Waals surface area (Å²) < 4.78 is 66.2. The van der Waals surface area contributed by atoms with Gasteiger partial charge in [-0.15, -0.1) is 0 Å². The van der Waals surface area contributed by atoms with Crippen LogP contribution in [0.25, 0.3) is 11.1 Å². The molecular formula is C24H32F3N7O2S. The maximum Gasteiger partial charge on any atom is 0.417 e. The summed E-state index contributed by atoms with van der Waals surface area (Å²) in [7, 11) is -2.71. The number of hydrogen-bond acceptors (Lipinski definition) is 8. The van der Waals surface area contributed by atoms with Gasteiger partial charge in [0.1, 0.15) is 11.1 Å². The smallest absolute Gasteiger partial charge is 0.317 e. The van der Waals surface area contributed by atoms with E-state index in [1.54, 1.807) is 0 Å². The molecule has 0 atom stereocenters. The molecule has 37 heavy (non-hydrogen) atoms. The van der Waals surface area contributed by atoms with Crippen molar-refractivity contribution in [2.45, 2.75) is 60.9 Å². The Morgan fingerprint density at radius 1 is 1.00 bits per heavy atom. The van der Waals surface area contributed by atoms with Crippen molar-refractivity contribution in [3.05, 3.63) is 53.1 Å². The lowest BCUT2D eigenvalue weighted by molar-refractivity contribution is -0.140. The topological polar surface area (TPSA) is 124 Å². The first-order chi connectivity index (χ1) is 17.6. The number of hydrazine groups is 3. The molecule has 0 radical (unpaired) electrons. The van der Waals surface area contributed by atoms with Crippen molar-refractivity contribution in [2.75, 3.05) is 20.1 Å². The molecule has 1 aliphatic carbocycles. The fraction of sp³-hybridized carbons (Fsp3) is 0.500. The molecule has 13 heteroatoms. The molecule has 2 heterocycles. The number of halogens is 3. The minimum Gasteiger partial charge on any atom is -0.317 e. The SMILES string of the molecule is CNC1CC(N2CCC(c3ccc(-c4ccc(C(F)(F)F)c(S(N)(=O)=O)c4C4NNNN4)cc3)CC2)C1. The summed E-state index contributed by atoms with van der Waals surface area (Å²) in [6, 6.07) is 11.0. The minimum atomic E-state index is -4.90. The predicted molar refractivity (Wildman–Crippen MR) is 133 cm³/mol. The van der Waals surface area contributed by atoms with E-state index in [1.165, 1.54) is 24.5 Å². The summed E-state index contributed by atoms with van der Waals surface area (Å²) in [6.07, 6.45) is -1.39. The lowest BCUT2D eigenvalue weighted by Gasteiger charge is -2.45. The molecule has 2 saturated heterocycles. The van der Waals surface area contributed by atoms with Gasteiger partial charge in [0.25, 0.3) is 0 Å². The lowest BCUT2D eigenvalue weighted by Crippen LogP contribution is -2.53. The highest BCUT2D eigenvalue weighted by molar-refractivity contribution is 7.89. The largest absolute Gasteiger partial charge is 0.417 e. The minimum absolute atomic E-state index is 0.115. The molecule has 0 unspecified atom stereocenters. The highest BCUT2D eigenvalue weighted by Gasteiger charge is 2.41. The van der Waals surface area contributed by atoms with Crippen LogP contribution >= 0.6 is 0 Å². The molecule has 2 aromatic carbocycles. The Morgan fingerprint density at radius 3 is 2.16 bits per heavy atom. The number of alkyl halides is 3. The first kappa shape index (κ1) is 26.5. The van der Waals surface area contributed by atoms with Crippen molar-refractivity contribution in [2.24, 2.45) is 5.14 Å². The Labute approximate surface area is 214 Å². The van der Waals surface area contributed by atoms with Gasteiger partial charge < -0.3 is 10.2 Å². The Morgan fingerprint density at radius 2 is 1.62 bits per heavy atom. The Hall–Kier alpha value is -2.10. The van der Waals surface area contributed by atoms with Gasteiger partial charge >= 0.3 is 6.18 Å². The monoisotopic (exact) mass is 539 g/mol. The molecule has 0 aromatic heterocycles. The zero-order valence-electron chi connectivity index (χ0n) is 20.4. The second-order valence-corrected chi connectivity index (χ2v) is 11.5. The predicted octanol–water partition coefficient (Wildman–Crippen LogP) is 2.07. The van der Waals surface area contributed by atoms with Gasteiger partial charge in [-0.2, -0.15) is 24.2 Å².